The number of aromatic nitrogens is 2. The van der Waals surface area contributed by atoms with Crippen LogP contribution in [0.3, 0.4) is 0 Å². The first-order valence-electron chi connectivity index (χ1n) is 3.55. The molecule has 13 heavy (non-hydrogen) atoms. The number of benzene rings is 1. The summed E-state index contributed by atoms with van der Waals surface area (Å²) in [5.74, 6) is 0.246. The Kier molecular flexibility index (Phi) is 2.09. The van der Waals surface area contributed by atoms with Gasteiger partial charge in [0.25, 0.3) is 0 Å². The molecule has 1 aromatic heterocycles. The lowest BCUT2D eigenvalue weighted by Gasteiger charge is -2.01. The van der Waals surface area contributed by atoms with Crippen molar-refractivity contribution in [3.05, 3.63) is 27.8 Å². The van der Waals surface area contributed by atoms with E-state index in [1.807, 2.05) is 6.07 Å². The molecule has 1 heterocycles. The second-order valence-electron chi connectivity index (χ2n) is 2.52. The van der Waals surface area contributed by atoms with Crippen LogP contribution in [0.2, 0.25) is 5.02 Å². The van der Waals surface area contributed by atoms with Crippen LogP contribution in [0.15, 0.2) is 22.8 Å². The van der Waals surface area contributed by atoms with Crippen molar-refractivity contribution < 1.29 is 0 Å². The minimum absolute atomic E-state index is 0.246. The molecule has 2 rings (SSSR count). The van der Waals surface area contributed by atoms with Crippen LogP contribution in [0.1, 0.15) is 0 Å². The maximum absolute atomic E-state index is 5.94. The Hall–Kier alpha value is -0.870. The predicted molar refractivity (Wildman–Crippen MR) is 56.7 cm³/mol. The van der Waals surface area contributed by atoms with Gasteiger partial charge >= 0.3 is 0 Å². The summed E-state index contributed by atoms with van der Waals surface area (Å²) in [6, 6.07) is 3.62. The molecule has 0 saturated carbocycles. The minimum atomic E-state index is 0.246. The molecule has 0 spiro atoms. The highest BCUT2D eigenvalue weighted by Gasteiger charge is 2.04. The van der Waals surface area contributed by atoms with Crippen molar-refractivity contribution in [1.82, 2.24) is 9.97 Å². The molecule has 0 fully saturated rings. The van der Waals surface area contributed by atoms with E-state index < -0.39 is 0 Å². The summed E-state index contributed by atoms with van der Waals surface area (Å²) >= 11 is 9.30. The molecule has 2 aromatic rings. The molecule has 0 aliphatic heterocycles. The van der Waals surface area contributed by atoms with E-state index >= 15 is 0 Å². The quantitative estimate of drug-likeness (QED) is 0.790. The number of hydrogen-bond acceptors (Lipinski definition) is 3. The normalized spacial score (nSPS) is 10.6. The summed E-state index contributed by atoms with van der Waals surface area (Å²) in [4.78, 5) is 7.94. The first-order chi connectivity index (χ1) is 6.18. The van der Waals surface area contributed by atoms with Crippen LogP contribution in [-0.4, -0.2) is 9.97 Å². The number of rotatable bonds is 0. The number of fused-ring (bicyclic) bond motifs is 1. The van der Waals surface area contributed by atoms with Gasteiger partial charge in [-0.2, -0.15) is 0 Å². The molecule has 0 amide bonds. The van der Waals surface area contributed by atoms with Crippen molar-refractivity contribution in [1.29, 1.82) is 0 Å². The fourth-order valence-electron chi connectivity index (χ4n) is 1.07. The Balaban J connectivity index is 2.92. The van der Waals surface area contributed by atoms with Gasteiger partial charge in [0.15, 0.2) is 0 Å². The van der Waals surface area contributed by atoms with Crippen molar-refractivity contribution >= 4 is 44.4 Å². The largest absolute Gasteiger partial charge is 0.368 e. The molecule has 2 N–H and O–H groups in total. The molecule has 0 bridgehead atoms. The Morgan fingerprint density at radius 2 is 2.15 bits per heavy atom. The van der Waals surface area contributed by atoms with Crippen molar-refractivity contribution in [2.24, 2.45) is 0 Å². The van der Waals surface area contributed by atoms with E-state index in [2.05, 4.69) is 25.9 Å². The molecule has 0 aliphatic rings. The third kappa shape index (κ3) is 1.47. The average Bonchev–Trinajstić information content (AvgIpc) is 2.12. The van der Waals surface area contributed by atoms with Crippen LogP contribution in [0.5, 0.6) is 0 Å². The van der Waals surface area contributed by atoms with Crippen molar-refractivity contribution in [2.75, 3.05) is 5.73 Å². The maximum atomic E-state index is 5.94. The zero-order chi connectivity index (χ0) is 9.42. The van der Waals surface area contributed by atoms with Gasteiger partial charge in [-0.15, -0.1) is 0 Å². The highest BCUT2D eigenvalue weighted by atomic mass is 79.9. The summed E-state index contributed by atoms with van der Waals surface area (Å²) < 4.78 is 0.862. The second kappa shape index (κ2) is 3.12. The second-order valence-corrected chi connectivity index (χ2v) is 3.78. The van der Waals surface area contributed by atoms with Gasteiger partial charge in [-0.3, -0.25) is 0 Å². The van der Waals surface area contributed by atoms with Gasteiger partial charge in [0, 0.05) is 16.1 Å². The summed E-state index contributed by atoms with van der Waals surface area (Å²) in [6.07, 6.45) is 1.62. The van der Waals surface area contributed by atoms with Crippen LogP contribution in [-0.2, 0) is 0 Å². The summed E-state index contributed by atoms with van der Waals surface area (Å²) in [5.41, 5.74) is 6.19. The molecule has 0 radical (unpaired) electrons. The van der Waals surface area contributed by atoms with Gasteiger partial charge in [0.1, 0.15) is 0 Å². The number of anilines is 1. The first-order valence-corrected chi connectivity index (χ1v) is 4.72. The Morgan fingerprint density at radius 3 is 2.92 bits per heavy atom. The van der Waals surface area contributed by atoms with Crippen molar-refractivity contribution in [3.63, 3.8) is 0 Å². The Morgan fingerprint density at radius 1 is 1.38 bits per heavy atom. The van der Waals surface area contributed by atoms with Gasteiger partial charge in [-0.1, -0.05) is 11.6 Å². The molecule has 0 unspecified atom stereocenters. The fraction of sp³-hybridized carbons (Fsp3) is 0. The zero-order valence-electron chi connectivity index (χ0n) is 6.46. The Labute approximate surface area is 88.1 Å². The standard InChI is InChI=1S/C8H5BrClN3/c9-5-1-2-6(10)4-3-12-8(11)13-7(4)5/h1-3H,(H2,11,12,13). The van der Waals surface area contributed by atoms with Crippen LogP contribution < -0.4 is 5.73 Å². The monoisotopic (exact) mass is 257 g/mol. The Bertz CT molecular complexity index is 472. The van der Waals surface area contributed by atoms with Gasteiger partial charge in [0.05, 0.1) is 10.5 Å². The van der Waals surface area contributed by atoms with Crippen molar-refractivity contribution in [3.8, 4) is 0 Å². The molecule has 3 nitrogen and oxygen atoms in total. The van der Waals surface area contributed by atoms with E-state index in [1.54, 1.807) is 12.3 Å². The zero-order valence-corrected chi connectivity index (χ0v) is 8.80. The van der Waals surface area contributed by atoms with Gasteiger partial charge in [-0.25, -0.2) is 9.97 Å². The van der Waals surface area contributed by atoms with Gasteiger partial charge in [-0.05, 0) is 28.1 Å². The lowest BCUT2D eigenvalue weighted by Crippen LogP contribution is -1.94. The first kappa shape index (κ1) is 8.72. The third-order valence-corrected chi connectivity index (χ3v) is 2.64. The molecule has 5 heteroatoms. The predicted octanol–water partition coefficient (Wildman–Crippen LogP) is 2.63. The van der Waals surface area contributed by atoms with Crippen LogP contribution in [0.25, 0.3) is 10.9 Å². The molecular formula is C8H5BrClN3. The summed E-state index contributed by atoms with van der Waals surface area (Å²) in [5, 5.41) is 1.42. The summed E-state index contributed by atoms with van der Waals surface area (Å²) in [6.45, 7) is 0. The lowest BCUT2D eigenvalue weighted by atomic mass is 10.2. The number of nitrogens with two attached hydrogens (primary N) is 1. The number of hydrogen-bond donors (Lipinski definition) is 1. The highest BCUT2D eigenvalue weighted by molar-refractivity contribution is 9.10. The highest BCUT2D eigenvalue weighted by Crippen LogP contribution is 2.27. The minimum Gasteiger partial charge on any atom is -0.368 e. The van der Waals surface area contributed by atoms with E-state index in [1.165, 1.54) is 0 Å². The molecule has 66 valence electrons. The van der Waals surface area contributed by atoms with E-state index in [-0.39, 0.29) is 5.95 Å². The maximum Gasteiger partial charge on any atom is 0.220 e. The number of nitrogen functional groups attached to an aromatic ring is 1. The van der Waals surface area contributed by atoms with Crippen molar-refractivity contribution in [2.45, 2.75) is 0 Å². The summed E-state index contributed by atoms with van der Waals surface area (Å²) in [7, 11) is 0. The topological polar surface area (TPSA) is 51.8 Å². The fourth-order valence-corrected chi connectivity index (χ4v) is 1.70. The average molecular weight is 259 g/mol. The van der Waals surface area contributed by atoms with Gasteiger partial charge < -0.3 is 5.73 Å². The van der Waals surface area contributed by atoms with E-state index in [0.29, 0.717) is 5.02 Å². The lowest BCUT2D eigenvalue weighted by molar-refractivity contribution is 1.23. The smallest absolute Gasteiger partial charge is 0.220 e. The van der Waals surface area contributed by atoms with E-state index in [9.17, 15) is 0 Å². The SMILES string of the molecule is Nc1ncc2c(Cl)ccc(Br)c2n1. The molecule has 0 saturated heterocycles. The number of halogens is 2. The molecule has 1 aromatic carbocycles. The molecular weight excluding hydrogens is 253 g/mol. The van der Waals surface area contributed by atoms with E-state index in [4.69, 9.17) is 17.3 Å². The third-order valence-electron chi connectivity index (χ3n) is 1.67. The number of nitrogens with zero attached hydrogens (tertiary/aromatic N) is 2. The van der Waals surface area contributed by atoms with E-state index in [0.717, 1.165) is 15.4 Å². The van der Waals surface area contributed by atoms with Crippen LogP contribution >= 0.6 is 27.5 Å². The van der Waals surface area contributed by atoms with Gasteiger partial charge in [0.2, 0.25) is 5.95 Å². The van der Waals surface area contributed by atoms with Crippen LogP contribution in [0, 0.1) is 0 Å². The van der Waals surface area contributed by atoms with Crippen LogP contribution in [0.4, 0.5) is 5.95 Å². The molecule has 0 aliphatic carbocycles. The molecule has 0 atom stereocenters.